The molecule has 1 rings (SSSR count). The van der Waals surface area contributed by atoms with Gasteiger partial charge in [-0.15, -0.1) is 0 Å². The average molecular weight is 863 g/mol. The first-order valence-electron chi connectivity index (χ1n) is 23.2. The van der Waals surface area contributed by atoms with Crippen molar-refractivity contribution >= 4 is 19.8 Å². The summed E-state index contributed by atoms with van der Waals surface area (Å²) in [4.78, 5) is 35.5. The molecule has 1 aliphatic rings. The molecule has 1 saturated carbocycles. The molecule has 0 spiro atoms. The number of ether oxygens (including phenoxy) is 2. The second kappa shape index (κ2) is 35.9. The normalized spacial score (nSPS) is 22.5. The fourth-order valence-corrected chi connectivity index (χ4v) is 8.11. The molecule has 6 N–H and O–H groups in total. The van der Waals surface area contributed by atoms with Crippen LogP contribution in [0.15, 0.2) is 24.3 Å². The fourth-order valence-electron chi connectivity index (χ4n) is 7.14. The Morgan fingerprint density at radius 3 is 1.42 bits per heavy atom. The Hall–Kier alpha value is -1.67. The Balaban J connectivity index is 2.50. The van der Waals surface area contributed by atoms with E-state index < -0.39 is 75.7 Å². The Labute approximate surface area is 356 Å². The highest BCUT2D eigenvalue weighted by Gasteiger charge is 2.51. The molecule has 0 radical (unpaired) electrons. The molecule has 1 aliphatic carbocycles. The van der Waals surface area contributed by atoms with E-state index in [4.69, 9.17) is 18.5 Å². The Morgan fingerprint density at radius 2 is 0.966 bits per heavy atom. The van der Waals surface area contributed by atoms with Crippen molar-refractivity contribution in [2.45, 2.75) is 236 Å². The molecular weight excluding hydrogens is 779 g/mol. The van der Waals surface area contributed by atoms with Gasteiger partial charge in [-0.2, -0.15) is 0 Å². The number of esters is 2. The lowest BCUT2D eigenvalue weighted by atomic mass is 9.85. The zero-order chi connectivity index (χ0) is 43.6. The highest BCUT2D eigenvalue weighted by atomic mass is 31.2. The summed E-state index contributed by atoms with van der Waals surface area (Å²) < 4.78 is 33.3. The largest absolute Gasteiger partial charge is 0.472 e. The molecule has 0 aromatic rings. The molecule has 0 saturated heterocycles. The number of hydrogen-bond acceptors (Lipinski definition) is 12. The summed E-state index contributed by atoms with van der Waals surface area (Å²) in [7, 11) is -5.14. The van der Waals surface area contributed by atoms with E-state index in [1.807, 2.05) is 6.08 Å². The molecule has 0 aliphatic heterocycles. The van der Waals surface area contributed by atoms with Crippen LogP contribution in [-0.4, -0.2) is 98.3 Å². The molecule has 59 heavy (non-hydrogen) atoms. The lowest BCUT2D eigenvalue weighted by Gasteiger charge is -2.41. The maximum Gasteiger partial charge on any atom is 0.472 e. The Bertz CT molecular complexity index is 1130. The summed E-state index contributed by atoms with van der Waals surface area (Å²) in [6.45, 7) is 3.21. The van der Waals surface area contributed by atoms with Gasteiger partial charge in [-0.1, -0.05) is 186 Å². The second-order valence-corrected chi connectivity index (χ2v) is 17.7. The van der Waals surface area contributed by atoms with Gasteiger partial charge in [0.2, 0.25) is 0 Å². The monoisotopic (exact) mass is 863 g/mol. The minimum Gasteiger partial charge on any atom is -0.462 e. The van der Waals surface area contributed by atoms with Crippen LogP contribution in [-0.2, 0) is 32.7 Å². The number of hydrogen-bond donors (Lipinski definition) is 6. The van der Waals surface area contributed by atoms with Crippen LogP contribution in [0.3, 0.4) is 0 Å². The van der Waals surface area contributed by atoms with Gasteiger partial charge in [0.15, 0.2) is 6.10 Å². The first-order valence-corrected chi connectivity index (χ1v) is 24.7. The Kier molecular flexibility index (Phi) is 33.7. The van der Waals surface area contributed by atoms with Crippen molar-refractivity contribution in [3.8, 4) is 0 Å². The third-order valence-corrected chi connectivity index (χ3v) is 11.9. The number of carbonyl (C=O) groups excluding carboxylic acids is 2. The summed E-state index contributed by atoms with van der Waals surface area (Å²) in [6.07, 6.45) is 25.8. The highest BCUT2D eigenvalue weighted by molar-refractivity contribution is 7.47. The lowest BCUT2D eigenvalue weighted by Crippen LogP contribution is -2.64. The van der Waals surface area contributed by atoms with Crippen molar-refractivity contribution in [1.82, 2.24) is 0 Å². The highest BCUT2D eigenvalue weighted by Crippen LogP contribution is 2.47. The number of allylic oxidation sites excluding steroid dienone is 3. The summed E-state index contributed by atoms with van der Waals surface area (Å²) in [6, 6.07) is 0. The minimum atomic E-state index is -5.14. The van der Waals surface area contributed by atoms with Gasteiger partial charge in [0, 0.05) is 12.5 Å². The third kappa shape index (κ3) is 28.5. The molecule has 6 unspecified atom stereocenters. The second-order valence-electron chi connectivity index (χ2n) is 16.3. The molecule has 0 aromatic heterocycles. The van der Waals surface area contributed by atoms with E-state index in [0.29, 0.717) is 6.42 Å². The maximum absolute atomic E-state index is 12.8. The minimum absolute atomic E-state index is 0.152. The number of carbonyl (C=O) groups is 2. The van der Waals surface area contributed by atoms with Crippen LogP contribution in [0, 0.1) is 0 Å². The van der Waals surface area contributed by atoms with E-state index >= 15 is 0 Å². The van der Waals surface area contributed by atoms with Gasteiger partial charge in [0.25, 0.3) is 0 Å². The number of aliphatic hydroxyl groups excluding tert-OH is 5. The van der Waals surface area contributed by atoms with Crippen molar-refractivity contribution in [3.63, 3.8) is 0 Å². The molecule has 14 heteroatoms. The Morgan fingerprint density at radius 1 is 0.559 bits per heavy atom. The topological polar surface area (TPSA) is 210 Å². The van der Waals surface area contributed by atoms with Crippen LogP contribution in [0.2, 0.25) is 0 Å². The van der Waals surface area contributed by atoms with Gasteiger partial charge in [-0.05, 0) is 19.3 Å². The van der Waals surface area contributed by atoms with Crippen LogP contribution in [0.25, 0.3) is 0 Å². The van der Waals surface area contributed by atoms with Crippen LogP contribution in [0.5, 0.6) is 0 Å². The van der Waals surface area contributed by atoms with Crippen LogP contribution < -0.4 is 0 Å². The van der Waals surface area contributed by atoms with E-state index in [1.165, 1.54) is 141 Å². The quantitative estimate of drug-likeness (QED) is 0.0113. The van der Waals surface area contributed by atoms with E-state index in [0.717, 1.165) is 38.5 Å². The molecule has 1 fully saturated rings. The van der Waals surface area contributed by atoms with Crippen molar-refractivity contribution < 1.29 is 63.1 Å². The zero-order valence-electron chi connectivity index (χ0n) is 36.6. The number of phosphoric ester groups is 1. The standard InChI is InChI=1S/C45H83O13P/c1-3-5-7-9-11-13-15-17-19-21-23-25-27-29-31-33-38(46)55-35-37(36-56-59(53,54)58-45-43(51)41(49)40(48)42(50)44(45)52)57-39(47)34-32-30-28-26-24-22-20-18-16-14-12-10-8-6-4-2/h28,30,32,34,37,40-45,48-52H,3-27,29,31,33,35-36H2,1-2H3,(H,53,54)/b30-28+,34-32+/t37-,40?,41-,42?,43?,44?,45?/m1/s1. The van der Waals surface area contributed by atoms with Gasteiger partial charge in [0.05, 0.1) is 6.61 Å². The van der Waals surface area contributed by atoms with Gasteiger partial charge < -0.3 is 39.9 Å². The van der Waals surface area contributed by atoms with Crippen molar-refractivity contribution in [1.29, 1.82) is 0 Å². The van der Waals surface area contributed by atoms with Gasteiger partial charge in [0.1, 0.15) is 43.2 Å². The molecule has 0 amide bonds. The summed E-state index contributed by atoms with van der Waals surface area (Å²) in [5, 5.41) is 50.1. The summed E-state index contributed by atoms with van der Waals surface area (Å²) in [5.41, 5.74) is 0. The van der Waals surface area contributed by atoms with Crippen molar-refractivity contribution in [2.75, 3.05) is 13.2 Å². The van der Waals surface area contributed by atoms with E-state index in [1.54, 1.807) is 6.08 Å². The predicted molar refractivity (Wildman–Crippen MR) is 230 cm³/mol. The molecule has 0 aromatic carbocycles. The number of phosphoric acid groups is 1. The summed E-state index contributed by atoms with van der Waals surface area (Å²) in [5.74, 6) is -1.34. The zero-order valence-corrected chi connectivity index (χ0v) is 37.4. The average Bonchev–Trinajstić information content (AvgIpc) is 3.21. The van der Waals surface area contributed by atoms with Gasteiger partial charge in [-0.25, -0.2) is 9.36 Å². The van der Waals surface area contributed by atoms with Crippen LogP contribution >= 0.6 is 7.82 Å². The SMILES string of the molecule is CCCCCCCCCCCCC/C=C/C=C/C(=O)O[C@H](COC(=O)CCCCCCCCCCCCCCCCC)COP(=O)(O)OC1C(O)C(O)C(O)[C@@H](O)C1O. The third-order valence-electron chi connectivity index (χ3n) is 10.9. The molecular formula is C45H83O13P. The first kappa shape index (κ1) is 55.3. The van der Waals surface area contributed by atoms with E-state index in [2.05, 4.69) is 13.8 Å². The molecule has 346 valence electrons. The molecule has 8 atom stereocenters. The fraction of sp³-hybridized carbons (Fsp3) is 0.867. The van der Waals surface area contributed by atoms with E-state index in [-0.39, 0.29) is 6.42 Å². The van der Waals surface area contributed by atoms with Gasteiger partial charge >= 0.3 is 19.8 Å². The van der Waals surface area contributed by atoms with E-state index in [9.17, 15) is 44.6 Å². The van der Waals surface area contributed by atoms with Crippen LogP contribution in [0.1, 0.15) is 194 Å². The molecule has 13 nitrogen and oxygen atoms in total. The predicted octanol–water partition coefficient (Wildman–Crippen LogP) is 8.84. The maximum atomic E-state index is 12.8. The number of aliphatic hydroxyl groups is 5. The number of unbranched alkanes of at least 4 members (excludes halogenated alkanes) is 25. The number of rotatable bonds is 38. The summed E-state index contributed by atoms with van der Waals surface area (Å²) >= 11 is 0. The van der Waals surface area contributed by atoms with Crippen molar-refractivity contribution in [2.24, 2.45) is 0 Å². The van der Waals surface area contributed by atoms with Gasteiger partial charge in [-0.3, -0.25) is 13.8 Å². The molecule has 0 bridgehead atoms. The first-order chi connectivity index (χ1) is 28.4. The smallest absolute Gasteiger partial charge is 0.462 e. The van der Waals surface area contributed by atoms with Crippen LogP contribution in [0.4, 0.5) is 0 Å². The lowest BCUT2D eigenvalue weighted by molar-refractivity contribution is -0.220. The van der Waals surface area contributed by atoms with Crippen molar-refractivity contribution in [3.05, 3.63) is 24.3 Å². The molecule has 0 heterocycles.